The molecule has 4 aromatic carbocycles. The molecule has 0 spiro atoms. The number of carbonyl (C=O) groups excluding carboxylic acids is 1. The minimum atomic E-state index is -6.25. The highest BCUT2D eigenvalue weighted by atomic mass is 19.4. The summed E-state index contributed by atoms with van der Waals surface area (Å²) in [5.41, 5.74) is -0.0744. The Hall–Kier alpha value is -4.05. The smallest absolute Gasteiger partial charge is 0.437 e. The highest BCUT2D eigenvalue weighted by Crippen LogP contribution is 2.46. The Morgan fingerprint density at radius 3 is 1.51 bits per heavy atom. The van der Waals surface area contributed by atoms with Crippen molar-refractivity contribution in [1.29, 1.82) is 0 Å². The van der Waals surface area contributed by atoms with Gasteiger partial charge in [-0.05, 0) is 87.2 Å². The molecule has 0 aliphatic heterocycles. The third-order valence-corrected chi connectivity index (χ3v) is 9.42. The van der Waals surface area contributed by atoms with E-state index in [2.05, 4.69) is 68.8 Å². The van der Waals surface area contributed by atoms with E-state index >= 15 is 0 Å². The summed E-state index contributed by atoms with van der Waals surface area (Å²) in [7, 11) is 0. The summed E-state index contributed by atoms with van der Waals surface area (Å²) in [6.07, 6.45) is -10.5. The molecule has 0 aromatic heterocycles. The lowest BCUT2D eigenvalue weighted by Gasteiger charge is -2.29. The van der Waals surface area contributed by atoms with Crippen molar-refractivity contribution in [2.75, 3.05) is 0 Å². The van der Waals surface area contributed by atoms with Crippen LogP contribution < -0.4 is 0 Å². The third kappa shape index (κ3) is 8.95. The number of phenols is 1. The molecule has 0 heterocycles. The lowest BCUT2D eigenvalue weighted by molar-refractivity contribution is -0.357. The second-order valence-electron chi connectivity index (χ2n) is 12.6. The summed E-state index contributed by atoms with van der Waals surface area (Å²) in [6, 6.07) is 26.9. The van der Waals surface area contributed by atoms with Crippen molar-refractivity contribution < 1.29 is 46.1 Å². The van der Waals surface area contributed by atoms with Crippen LogP contribution in [0.25, 0.3) is 10.8 Å². The van der Waals surface area contributed by atoms with Crippen molar-refractivity contribution in [3.8, 4) is 5.75 Å². The Kier molecular flexibility index (Phi) is 12.9. The largest absolute Gasteiger partial charge is 0.508 e. The zero-order chi connectivity index (χ0) is 36.7. The van der Waals surface area contributed by atoms with E-state index in [9.17, 15) is 31.1 Å². The van der Waals surface area contributed by atoms with E-state index in [0.29, 0.717) is 23.5 Å². The van der Waals surface area contributed by atoms with Gasteiger partial charge in [-0.15, -0.1) is 0 Å². The molecule has 5 rings (SSSR count). The maximum Gasteiger partial charge on any atom is 0.437 e. The molecule has 1 aliphatic carbocycles. The molecule has 0 radical (unpaired) electrons. The van der Waals surface area contributed by atoms with Crippen molar-refractivity contribution in [1.82, 2.24) is 0 Å². The van der Waals surface area contributed by atoms with Crippen LogP contribution in [-0.4, -0.2) is 34.1 Å². The molecule has 4 unspecified atom stereocenters. The molecule has 0 saturated carbocycles. The number of phenolic OH excluding ortho intramolecular Hbond substituents is 1. The van der Waals surface area contributed by atoms with E-state index in [1.165, 1.54) is 39.6 Å². The van der Waals surface area contributed by atoms with Gasteiger partial charge in [0, 0.05) is 0 Å². The first-order valence-electron chi connectivity index (χ1n) is 16.3. The van der Waals surface area contributed by atoms with Gasteiger partial charge in [0.25, 0.3) is 0 Å². The number of aromatic hydroxyl groups is 1. The molecule has 4 nitrogen and oxygen atoms in total. The van der Waals surface area contributed by atoms with E-state index in [4.69, 9.17) is 10.2 Å². The molecule has 49 heavy (non-hydrogen) atoms. The summed E-state index contributed by atoms with van der Waals surface area (Å²) in [5.74, 6) is -0.296. The summed E-state index contributed by atoms with van der Waals surface area (Å²) < 4.78 is 79.0. The Morgan fingerprint density at radius 2 is 1.12 bits per heavy atom. The lowest BCUT2D eigenvalue weighted by Crippen LogP contribution is -2.62. The topological polar surface area (TPSA) is 66.8 Å². The van der Waals surface area contributed by atoms with Gasteiger partial charge in [0.15, 0.2) is 0 Å². The number of alkyl halides is 6. The average Bonchev–Trinajstić information content (AvgIpc) is 3.32. The number of ether oxygens (including phenoxy) is 1. The molecule has 0 fully saturated rings. The minimum Gasteiger partial charge on any atom is -0.508 e. The van der Waals surface area contributed by atoms with Crippen LogP contribution in [0.4, 0.5) is 26.3 Å². The van der Waals surface area contributed by atoms with E-state index in [0.717, 1.165) is 18.4 Å². The van der Waals surface area contributed by atoms with Crippen molar-refractivity contribution in [2.24, 2.45) is 0 Å². The van der Waals surface area contributed by atoms with Crippen LogP contribution in [0.15, 0.2) is 84.9 Å². The summed E-state index contributed by atoms with van der Waals surface area (Å²) >= 11 is 0. The van der Waals surface area contributed by atoms with Gasteiger partial charge < -0.3 is 14.9 Å². The fraction of sp³-hybridized carbons (Fsp3) is 0.410. The van der Waals surface area contributed by atoms with Gasteiger partial charge in [-0.2, -0.15) is 26.3 Å². The van der Waals surface area contributed by atoms with Crippen LogP contribution in [0.1, 0.15) is 106 Å². The van der Waals surface area contributed by atoms with Gasteiger partial charge in [0.05, 0.1) is 0 Å². The first-order chi connectivity index (χ1) is 22.9. The number of hydrogen-bond donors (Lipinski definition) is 2. The molecule has 0 bridgehead atoms. The molecule has 266 valence electrons. The van der Waals surface area contributed by atoms with Crippen molar-refractivity contribution in [3.05, 3.63) is 113 Å². The van der Waals surface area contributed by atoms with E-state index < -0.39 is 30.5 Å². The second kappa shape index (κ2) is 16.1. The van der Waals surface area contributed by atoms with E-state index in [-0.39, 0.29) is 11.5 Å². The Morgan fingerprint density at radius 1 is 0.714 bits per heavy atom. The predicted octanol–water partition coefficient (Wildman–Crippen LogP) is 11.1. The van der Waals surface area contributed by atoms with Crippen LogP contribution in [-0.2, 0) is 16.1 Å². The van der Waals surface area contributed by atoms with E-state index in [1.807, 2.05) is 26.0 Å². The van der Waals surface area contributed by atoms with Crippen LogP contribution in [0, 0.1) is 0 Å². The molecule has 4 atom stereocenters. The third-order valence-electron chi connectivity index (χ3n) is 9.42. The molecule has 1 aliphatic rings. The molecule has 0 saturated heterocycles. The number of aliphatic hydroxyl groups is 1. The maximum absolute atomic E-state index is 12.5. The fourth-order valence-electron chi connectivity index (χ4n) is 5.56. The van der Waals surface area contributed by atoms with Gasteiger partial charge in [-0.25, -0.2) is 4.79 Å². The quantitative estimate of drug-likeness (QED) is 0.150. The number of rotatable bonds is 7. The second-order valence-corrected chi connectivity index (χ2v) is 12.6. The Labute approximate surface area is 283 Å². The molecular formula is C39H44F6O4. The molecule has 10 heteroatoms. The van der Waals surface area contributed by atoms with E-state index in [1.54, 1.807) is 24.3 Å². The number of carbonyl (C=O) groups is 1. The van der Waals surface area contributed by atoms with Crippen molar-refractivity contribution >= 4 is 16.7 Å². The summed E-state index contributed by atoms with van der Waals surface area (Å²) in [4.78, 5) is 11.2. The molecule has 2 N–H and O–H groups in total. The SMILES string of the molecule is CC1c2cccc3cccc(c23)C1C.CCC(C)c1ccc(COC(=O)C(O)(C(F)(F)F)C(F)(F)F)cc1.CCC(C)c1ccc(O)cc1. The van der Waals surface area contributed by atoms with Crippen LogP contribution in [0.3, 0.4) is 0 Å². The zero-order valence-corrected chi connectivity index (χ0v) is 28.5. The maximum atomic E-state index is 12.5. The number of hydrogen-bond acceptors (Lipinski definition) is 4. The monoisotopic (exact) mass is 690 g/mol. The molecule has 4 aromatic rings. The highest BCUT2D eigenvalue weighted by molar-refractivity contribution is 5.92. The van der Waals surface area contributed by atoms with Crippen LogP contribution in [0.5, 0.6) is 5.75 Å². The molecule has 0 amide bonds. The zero-order valence-electron chi connectivity index (χ0n) is 28.5. The average molecular weight is 691 g/mol. The number of benzene rings is 4. The van der Waals surface area contributed by atoms with Gasteiger partial charge in [-0.1, -0.05) is 114 Å². The van der Waals surface area contributed by atoms with Gasteiger partial charge in [0.2, 0.25) is 0 Å². The van der Waals surface area contributed by atoms with Crippen LogP contribution >= 0.6 is 0 Å². The lowest BCUT2D eigenvalue weighted by atomic mass is 9.94. The minimum absolute atomic E-state index is 0.196. The van der Waals surface area contributed by atoms with Crippen molar-refractivity contribution in [3.63, 3.8) is 0 Å². The first-order valence-corrected chi connectivity index (χ1v) is 16.3. The standard InChI is InChI=1S/C15H16F6O3.C14H14.C10H14O/c1-3-9(2)11-6-4-10(5-7-11)8-24-12(22)13(23,14(16,17)18)15(19,20)21;1-9-10(2)13-8-4-6-11-5-3-7-12(9)14(11)13;1-3-8(2)9-4-6-10(11)7-5-9/h4-7,9,23H,3,8H2,1-2H3;3-10H,1-2H3;4-8,11H,3H2,1-2H3. The van der Waals surface area contributed by atoms with Gasteiger partial charge in [-0.3, -0.25) is 0 Å². The predicted molar refractivity (Wildman–Crippen MR) is 180 cm³/mol. The summed E-state index contributed by atoms with van der Waals surface area (Å²) in [5, 5.41) is 20.8. The normalized spacial score (nSPS) is 16.9. The molecular weight excluding hydrogens is 646 g/mol. The highest BCUT2D eigenvalue weighted by Gasteiger charge is 2.76. The number of halogens is 6. The summed E-state index contributed by atoms with van der Waals surface area (Å²) in [6.45, 7) is 12.1. The van der Waals surface area contributed by atoms with Crippen molar-refractivity contribution in [2.45, 2.75) is 103 Å². The van der Waals surface area contributed by atoms with Gasteiger partial charge >= 0.3 is 23.9 Å². The fourth-order valence-corrected chi connectivity index (χ4v) is 5.56. The Balaban J connectivity index is 0.000000218. The first kappa shape index (κ1) is 39.4. The number of esters is 1. The van der Waals surface area contributed by atoms with Crippen LogP contribution in [0.2, 0.25) is 0 Å². The van der Waals surface area contributed by atoms with Gasteiger partial charge in [0.1, 0.15) is 12.4 Å². The Bertz CT molecular complexity index is 1610.